The van der Waals surface area contributed by atoms with Crippen LogP contribution in [0.4, 0.5) is 0 Å². The molecule has 0 aliphatic heterocycles. The van der Waals surface area contributed by atoms with Gasteiger partial charge >= 0.3 is 5.97 Å². The highest BCUT2D eigenvalue weighted by Crippen LogP contribution is 2.13. The van der Waals surface area contributed by atoms with E-state index >= 15 is 0 Å². The number of carbonyl (C=O) groups excluding carboxylic acids is 2. The van der Waals surface area contributed by atoms with Gasteiger partial charge in [0, 0.05) is 16.2 Å². The summed E-state index contributed by atoms with van der Waals surface area (Å²) in [6.45, 7) is 1.90. The maximum absolute atomic E-state index is 12.5. The molecule has 0 saturated carbocycles. The zero-order valence-electron chi connectivity index (χ0n) is 13.9. The monoisotopic (exact) mass is 390 g/mol. The smallest absolute Gasteiger partial charge is 0.327 e. The minimum absolute atomic E-state index is 0.0361. The van der Waals surface area contributed by atoms with Crippen LogP contribution >= 0.6 is 24.0 Å². The Morgan fingerprint density at radius 3 is 2.46 bits per heavy atom. The first kappa shape index (κ1) is 19.7. The van der Waals surface area contributed by atoms with Crippen molar-refractivity contribution >= 4 is 47.8 Å². The van der Waals surface area contributed by atoms with Crippen molar-refractivity contribution in [1.82, 2.24) is 10.6 Å². The number of aryl methyl sites for hydroxylation is 1. The number of thiophene rings is 1. The summed E-state index contributed by atoms with van der Waals surface area (Å²) >= 11 is 5.31. The zero-order chi connectivity index (χ0) is 19.1. The van der Waals surface area contributed by atoms with E-state index in [2.05, 4.69) is 23.3 Å². The van der Waals surface area contributed by atoms with Crippen LogP contribution in [0.15, 0.2) is 47.5 Å². The van der Waals surface area contributed by atoms with Gasteiger partial charge in [0.1, 0.15) is 11.7 Å². The second-order valence-corrected chi connectivity index (χ2v) is 6.78. The molecule has 0 bridgehead atoms. The standard InChI is InChI=1S/C18H18N2O4S2/c1-11-4-6-12(7-5-11)16(21)19-14(9-13-3-2-8-26-13)17(22)20-15(10-25)18(23)24/h2-9,15,25H,10H2,1H3,(H,19,21)(H,20,22)(H,23,24)/b14-9+/t15-/m1/s1. The van der Waals surface area contributed by atoms with Crippen LogP contribution in [-0.4, -0.2) is 34.7 Å². The number of rotatable bonds is 7. The van der Waals surface area contributed by atoms with E-state index in [1.165, 1.54) is 17.4 Å². The van der Waals surface area contributed by atoms with Crippen LogP contribution in [0.5, 0.6) is 0 Å². The Hall–Kier alpha value is -2.58. The molecule has 2 aromatic rings. The van der Waals surface area contributed by atoms with E-state index in [-0.39, 0.29) is 11.4 Å². The Bertz CT molecular complexity index is 814. The maximum atomic E-state index is 12.5. The molecule has 1 aromatic carbocycles. The van der Waals surface area contributed by atoms with Crippen LogP contribution in [0.25, 0.3) is 6.08 Å². The van der Waals surface area contributed by atoms with Crippen molar-refractivity contribution in [3.8, 4) is 0 Å². The minimum Gasteiger partial charge on any atom is -0.480 e. The van der Waals surface area contributed by atoms with Gasteiger partial charge in [0.25, 0.3) is 11.8 Å². The molecule has 0 fully saturated rings. The Morgan fingerprint density at radius 1 is 1.23 bits per heavy atom. The van der Waals surface area contributed by atoms with E-state index in [0.717, 1.165) is 10.4 Å². The summed E-state index contributed by atoms with van der Waals surface area (Å²) in [4.78, 5) is 36.8. The quantitative estimate of drug-likeness (QED) is 0.431. The van der Waals surface area contributed by atoms with Gasteiger partial charge in [-0.05, 0) is 36.6 Å². The number of benzene rings is 1. The summed E-state index contributed by atoms with van der Waals surface area (Å²) in [5.41, 5.74) is 1.36. The number of amides is 2. The second kappa shape index (κ2) is 9.21. The van der Waals surface area contributed by atoms with Gasteiger partial charge in [-0.25, -0.2) is 4.79 Å². The molecule has 3 N–H and O–H groups in total. The molecule has 1 heterocycles. The fourth-order valence-corrected chi connectivity index (χ4v) is 2.90. The predicted molar refractivity (Wildman–Crippen MR) is 104 cm³/mol. The van der Waals surface area contributed by atoms with E-state index < -0.39 is 23.8 Å². The lowest BCUT2D eigenvalue weighted by molar-refractivity contribution is -0.140. The van der Waals surface area contributed by atoms with Crippen molar-refractivity contribution in [3.05, 3.63) is 63.5 Å². The number of thiol groups is 1. The molecule has 0 radical (unpaired) electrons. The third-order valence-electron chi connectivity index (χ3n) is 3.42. The van der Waals surface area contributed by atoms with Crippen molar-refractivity contribution < 1.29 is 19.5 Å². The fourth-order valence-electron chi connectivity index (χ4n) is 1.99. The van der Waals surface area contributed by atoms with E-state index in [0.29, 0.717) is 5.56 Å². The van der Waals surface area contributed by atoms with Gasteiger partial charge in [-0.3, -0.25) is 9.59 Å². The highest BCUT2D eigenvalue weighted by Gasteiger charge is 2.22. The number of hydrogen-bond acceptors (Lipinski definition) is 5. The number of carboxylic acid groups (broad SMARTS) is 1. The van der Waals surface area contributed by atoms with Crippen molar-refractivity contribution in [2.75, 3.05) is 5.75 Å². The molecule has 1 aromatic heterocycles. The fraction of sp³-hybridized carbons (Fsp3) is 0.167. The minimum atomic E-state index is -1.20. The van der Waals surface area contributed by atoms with Crippen LogP contribution in [0.1, 0.15) is 20.8 Å². The molecule has 2 amide bonds. The first-order valence-corrected chi connectivity index (χ1v) is 9.19. The molecule has 0 aliphatic rings. The van der Waals surface area contributed by atoms with Crippen molar-refractivity contribution in [2.45, 2.75) is 13.0 Å². The van der Waals surface area contributed by atoms with E-state index in [9.17, 15) is 14.4 Å². The zero-order valence-corrected chi connectivity index (χ0v) is 15.6. The van der Waals surface area contributed by atoms with Gasteiger partial charge in [-0.15, -0.1) is 11.3 Å². The van der Waals surface area contributed by atoms with Gasteiger partial charge in [0.15, 0.2) is 0 Å². The third kappa shape index (κ3) is 5.47. The normalized spacial score (nSPS) is 12.3. The Morgan fingerprint density at radius 2 is 1.92 bits per heavy atom. The molecule has 1 atom stereocenters. The number of nitrogens with one attached hydrogen (secondary N) is 2. The maximum Gasteiger partial charge on any atom is 0.327 e. The Balaban J connectivity index is 2.24. The lowest BCUT2D eigenvalue weighted by Gasteiger charge is -2.15. The summed E-state index contributed by atoms with van der Waals surface area (Å²) in [6, 6.07) is 9.31. The molecule has 0 aliphatic carbocycles. The average molecular weight is 390 g/mol. The largest absolute Gasteiger partial charge is 0.480 e. The number of carbonyl (C=O) groups is 3. The van der Waals surface area contributed by atoms with E-state index in [1.807, 2.05) is 18.4 Å². The molecule has 2 rings (SSSR count). The molecule has 6 nitrogen and oxygen atoms in total. The number of aliphatic carboxylic acids is 1. The molecular formula is C18H18N2O4S2. The van der Waals surface area contributed by atoms with E-state index in [1.54, 1.807) is 30.3 Å². The van der Waals surface area contributed by atoms with Crippen molar-refractivity contribution in [3.63, 3.8) is 0 Å². The summed E-state index contributed by atoms with van der Waals surface area (Å²) in [5.74, 6) is -2.42. The van der Waals surface area contributed by atoms with Crippen LogP contribution in [0, 0.1) is 6.92 Å². The van der Waals surface area contributed by atoms with Crippen LogP contribution in [0.2, 0.25) is 0 Å². The predicted octanol–water partition coefficient (Wildman–Crippen LogP) is 2.33. The SMILES string of the molecule is Cc1ccc(C(=O)N/C(=C/c2cccs2)C(=O)N[C@H](CS)C(=O)O)cc1. The first-order valence-electron chi connectivity index (χ1n) is 7.68. The molecule has 26 heavy (non-hydrogen) atoms. The summed E-state index contributed by atoms with van der Waals surface area (Å²) in [7, 11) is 0. The second-order valence-electron chi connectivity index (χ2n) is 5.44. The third-order valence-corrected chi connectivity index (χ3v) is 4.61. The summed E-state index contributed by atoms with van der Waals surface area (Å²) in [5, 5.41) is 15.8. The summed E-state index contributed by atoms with van der Waals surface area (Å²) in [6.07, 6.45) is 1.50. The average Bonchev–Trinajstić information content (AvgIpc) is 3.12. The van der Waals surface area contributed by atoms with Crippen molar-refractivity contribution in [1.29, 1.82) is 0 Å². The van der Waals surface area contributed by atoms with Crippen LogP contribution in [0.3, 0.4) is 0 Å². The molecule has 0 unspecified atom stereocenters. The molecular weight excluding hydrogens is 372 g/mol. The van der Waals surface area contributed by atoms with Crippen LogP contribution in [-0.2, 0) is 9.59 Å². The first-order chi connectivity index (χ1) is 12.4. The van der Waals surface area contributed by atoms with Crippen molar-refractivity contribution in [2.24, 2.45) is 0 Å². The van der Waals surface area contributed by atoms with Gasteiger partial charge in [-0.1, -0.05) is 23.8 Å². The molecule has 0 spiro atoms. The van der Waals surface area contributed by atoms with Gasteiger partial charge in [0.05, 0.1) is 0 Å². The van der Waals surface area contributed by atoms with Gasteiger partial charge < -0.3 is 15.7 Å². The molecule has 136 valence electrons. The van der Waals surface area contributed by atoms with Gasteiger partial charge in [0.2, 0.25) is 0 Å². The highest BCUT2D eigenvalue weighted by atomic mass is 32.1. The number of carboxylic acids is 1. The van der Waals surface area contributed by atoms with Gasteiger partial charge in [-0.2, -0.15) is 12.6 Å². The highest BCUT2D eigenvalue weighted by molar-refractivity contribution is 7.80. The lowest BCUT2D eigenvalue weighted by atomic mass is 10.1. The summed E-state index contributed by atoms with van der Waals surface area (Å²) < 4.78 is 0. The Kier molecular flexibility index (Phi) is 6.99. The lowest BCUT2D eigenvalue weighted by Crippen LogP contribution is -2.45. The van der Waals surface area contributed by atoms with Crippen LogP contribution < -0.4 is 10.6 Å². The topological polar surface area (TPSA) is 95.5 Å². The molecule has 0 saturated heterocycles. The Labute approximate surface area is 160 Å². The molecule has 8 heteroatoms. The van der Waals surface area contributed by atoms with E-state index in [4.69, 9.17) is 5.11 Å². The number of hydrogen-bond donors (Lipinski definition) is 4.